The number of nitrogens with zero attached hydrogens (tertiary/aromatic N) is 2. The van der Waals surface area contributed by atoms with E-state index in [2.05, 4.69) is 57.7 Å². The van der Waals surface area contributed by atoms with Gasteiger partial charge in [-0.15, -0.1) is 0 Å². The van der Waals surface area contributed by atoms with Gasteiger partial charge in [-0.1, -0.05) is 45.9 Å². The van der Waals surface area contributed by atoms with Crippen molar-refractivity contribution in [2.45, 2.75) is 66.8 Å². The number of likely N-dealkylation sites (tertiary alicyclic amines) is 1. The second-order valence-corrected chi connectivity index (χ2v) is 10.9. The molecule has 1 saturated heterocycles. The number of primary amides is 1. The molecule has 0 spiro atoms. The van der Waals surface area contributed by atoms with Gasteiger partial charge in [0, 0.05) is 42.0 Å². The Labute approximate surface area is 220 Å². The molecule has 0 atom stereocenters. The minimum Gasteiger partial charge on any atom is -0.507 e. The molecule has 3 aromatic rings. The molecule has 4 rings (SSSR count). The Bertz CT molecular complexity index is 1280. The Morgan fingerprint density at radius 2 is 1.84 bits per heavy atom. The zero-order valence-corrected chi connectivity index (χ0v) is 22.7. The number of benzene rings is 2. The summed E-state index contributed by atoms with van der Waals surface area (Å²) in [6.07, 6.45) is 4.21. The Kier molecular flexibility index (Phi) is 7.88. The molecular weight excluding hydrogens is 462 g/mol. The van der Waals surface area contributed by atoms with Crippen LogP contribution in [0, 0.1) is 12.3 Å². The minimum absolute atomic E-state index is 0.0687. The Morgan fingerprint density at radius 1 is 1.14 bits per heavy atom. The van der Waals surface area contributed by atoms with Crippen molar-refractivity contribution in [2.24, 2.45) is 11.1 Å². The van der Waals surface area contributed by atoms with Crippen molar-refractivity contribution in [3.05, 3.63) is 70.4 Å². The Hall–Kier alpha value is -3.38. The number of amides is 1. The highest BCUT2D eigenvalue weighted by Crippen LogP contribution is 2.38. The molecule has 196 valence electrons. The van der Waals surface area contributed by atoms with Crippen LogP contribution in [0.25, 0.3) is 11.3 Å². The van der Waals surface area contributed by atoms with Crippen molar-refractivity contribution < 1.29 is 14.6 Å². The van der Waals surface area contributed by atoms with E-state index >= 15 is 0 Å². The first-order valence-corrected chi connectivity index (χ1v) is 13.3. The molecule has 6 nitrogen and oxygen atoms in total. The molecule has 3 N–H and O–H groups in total. The predicted octanol–water partition coefficient (Wildman–Crippen LogP) is 6.40. The molecule has 6 heteroatoms. The number of aromatic hydroxyl groups is 1. The number of carbonyl (C=O) groups is 1. The molecular formula is C31H39N3O3. The molecule has 2 heterocycles. The normalized spacial score (nSPS) is 15.5. The number of aromatic nitrogens is 1. The van der Waals surface area contributed by atoms with Crippen molar-refractivity contribution >= 4 is 5.91 Å². The van der Waals surface area contributed by atoms with Crippen LogP contribution in [0.5, 0.6) is 17.2 Å². The molecule has 1 fully saturated rings. The van der Waals surface area contributed by atoms with Crippen LogP contribution < -0.4 is 10.5 Å². The largest absolute Gasteiger partial charge is 0.507 e. The number of ether oxygens (including phenoxy) is 1. The number of rotatable bonds is 8. The molecule has 0 radical (unpaired) electrons. The number of nitrogens with two attached hydrogens (primary N) is 1. The standard InChI is InChI=1S/C31H39N3O3/c1-6-21-10-8-11-22(7-2)29(21)26-17-28(37-23-12-13-24(30(32)36)27(35)16-23)25(20(3)33-26)18-34-15-9-14-31(4,5)19-34/h8,10-13,16-17,35H,6-7,9,14-15,18-19H2,1-5H3,(H2,32,36). The number of piperidine rings is 1. The molecule has 0 bridgehead atoms. The number of pyridine rings is 1. The van der Waals surface area contributed by atoms with Gasteiger partial charge in [0.15, 0.2) is 0 Å². The summed E-state index contributed by atoms with van der Waals surface area (Å²) in [7, 11) is 0. The van der Waals surface area contributed by atoms with E-state index in [0.717, 1.165) is 55.0 Å². The highest BCUT2D eigenvalue weighted by atomic mass is 16.5. The van der Waals surface area contributed by atoms with E-state index < -0.39 is 5.91 Å². The molecule has 37 heavy (non-hydrogen) atoms. The first-order chi connectivity index (χ1) is 17.6. The lowest BCUT2D eigenvalue weighted by Crippen LogP contribution is -2.39. The molecule has 1 amide bonds. The van der Waals surface area contributed by atoms with Gasteiger partial charge in [-0.05, 0) is 67.8 Å². The highest BCUT2D eigenvalue weighted by molar-refractivity contribution is 5.95. The van der Waals surface area contributed by atoms with Crippen LogP contribution in [0.1, 0.15) is 73.3 Å². The predicted molar refractivity (Wildman–Crippen MR) is 148 cm³/mol. The molecule has 0 aliphatic carbocycles. The average molecular weight is 502 g/mol. The fraction of sp³-hybridized carbons (Fsp3) is 0.419. The highest BCUT2D eigenvalue weighted by Gasteiger charge is 2.28. The summed E-state index contributed by atoms with van der Waals surface area (Å²) in [5.41, 5.74) is 12.2. The molecule has 1 aromatic heterocycles. The van der Waals surface area contributed by atoms with Gasteiger partial charge < -0.3 is 15.6 Å². The van der Waals surface area contributed by atoms with Crippen LogP contribution in [0.4, 0.5) is 0 Å². The van der Waals surface area contributed by atoms with E-state index in [1.807, 2.05) is 6.07 Å². The van der Waals surface area contributed by atoms with Crippen LogP contribution in [0.3, 0.4) is 0 Å². The third kappa shape index (κ3) is 5.96. The lowest BCUT2D eigenvalue weighted by Gasteiger charge is -2.38. The van der Waals surface area contributed by atoms with Gasteiger partial charge in [-0.25, -0.2) is 0 Å². The number of carbonyl (C=O) groups excluding carboxylic acids is 1. The maximum atomic E-state index is 11.6. The Morgan fingerprint density at radius 3 is 2.43 bits per heavy atom. The van der Waals surface area contributed by atoms with E-state index in [9.17, 15) is 9.90 Å². The monoisotopic (exact) mass is 501 g/mol. The minimum atomic E-state index is -0.678. The first kappa shape index (κ1) is 26.7. The summed E-state index contributed by atoms with van der Waals surface area (Å²) >= 11 is 0. The van der Waals surface area contributed by atoms with Gasteiger partial charge in [0.05, 0.1) is 11.3 Å². The first-order valence-electron chi connectivity index (χ1n) is 13.3. The summed E-state index contributed by atoms with van der Waals surface area (Å²) in [5, 5.41) is 10.4. The van der Waals surface area contributed by atoms with Gasteiger partial charge in [0.25, 0.3) is 5.91 Å². The number of hydrogen-bond donors (Lipinski definition) is 2. The van der Waals surface area contributed by atoms with Gasteiger partial charge in [-0.2, -0.15) is 0 Å². The maximum absolute atomic E-state index is 11.6. The zero-order valence-electron chi connectivity index (χ0n) is 22.7. The number of hydrogen-bond acceptors (Lipinski definition) is 5. The second-order valence-electron chi connectivity index (χ2n) is 10.9. The molecule has 0 saturated carbocycles. The molecule has 1 aliphatic heterocycles. The van der Waals surface area contributed by atoms with Crippen LogP contribution in [0.15, 0.2) is 42.5 Å². The lowest BCUT2D eigenvalue weighted by molar-refractivity contribution is 0.0997. The number of phenols is 1. The fourth-order valence-corrected chi connectivity index (χ4v) is 5.47. The maximum Gasteiger partial charge on any atom is 0.252 e. The topological polar surface area (TPSA) is 88.7 Å². The summed E-state index contributed by atoms with van der Waals surface area (Å²) in [6.45, 7) is 13.8. The van der Waals surface area contributed by atoms with E-state index in [0.29, 0.717) is 11.5 Å². The smallest absolute Gasteiger partial charge is 0.252 e. The van der Waals surface area contributed by atoms with Crippen LogP contribution in [-0.2, 0) is 19.4 Å². The summed E-state index contributed by atoms with van der Waals surface area (Å²) < 4.78 is 6.43. The van der Waals surface area contributed by atoms with Gasteiger partial charge in [0.1, 0.15) is 17.2 Å². The van der Waals surface area contributed by atoms with E-state index in [-0.39, 0.29) is 16.7 Å². The molecule has 0 unspecified atom stereocenters. The van der Waals surface area contributed by atoms with Gasteiger partial charge in [-0.3, -0.25) is 14.7 Å². The van der Waals surface area contributed by atoms with Crippen molar-refractivity contribution in [3.63, 3.8) is 0 Å². The van der Waals surface area contributed by atoms with E-state index in [4.69, 9.17) is 15.5 Å². The average Bonchev–Trinajstić information content (AvgIpc) is 2.84. The third-order valence-corrected chi connectivity index (χ3v) is 7.37. The van der Waals surface area contributed by atoms with Crippen molar-refractivity contribution in [1.82, 2.24) is 9.88 Å². The van der Waals surface area contributed by atoms with E-state index in [1.54, 1.807) is 6.07 Å². The van der Waals surface area contributed by atoms with Gasteiger partial charge >= 0.3 is 0 Å². The summed E-state index contributed by atoms with van der Waals surface area (Å²) in [4.78, 5) is 19.2. The second kappa shape index (κ2) is 10.9. The fourth-order valence-electron chi connectivity index (χ4n) is 5.47. The zero-order chi connectivity index (χ0) is 26.7. The van der Waals surface area contributed by atoms with E-state index in [1.165, 1.54) is 36.1 Å². The van der Waals surface area contributed by atoms with Crippen LogP contribution in [-0.4, -0.2) is 34.0 Å². The van der Waals surface area contributed by atoms with Crippen molar-refractivity contribution in [2.75, 3.05) is 13.1 Å². The summed E-state index contributed by atoms with van der Waals surface area (Å²) in [5.74, 6) is 0.284. The number of aryl methyl sites for hydroxylation is 3. The molecule has 2 aromatic carbocycles. The van der Waals surface area contributed by atoms with Crippen LogP contribution in [0.2, 0.25) is 0 Å². The van der Waals surface area contributed by atoms with Crippen LogP contribution >= 0.6 is 0 Å². The SMILES string of the molecule is CCc1cccc(CC)c1-c1cc(Oc2ccc(C(N)=O)c(O)c2)c(CN2CCCC(C)(C)C2)c(C)n1. The van der Waals surface area contributed by atoms with Crippen molar-refractivity contribution in [1.29, 1.82) is 0 Å². The summed E-state index contributed by atoms with van der Waals surface area (Å²) in [6, 6.07) is 13.1. The Balaban J connectivity index is 1.81. The van der Waals surface area contributed by atoms with Gasteiger partial charge in [0.2, 0.25) is 0 Å². The lowest BCUT2D eigenvalue weighted by atomic mass is 9.84. The third-order valence-electron chi connectivity index (χ3n) is 7.37. The molecule has 1 aliphatic rings. The quantitative estimate of drug-likeness (QED) is 0.373. The van der Waals surface area contributed by atoms with Crippen molar-refractivity contribution in [3.8, 4) is 28.5 Å².